The summed E-state index contributed by atoms with van der Waals surface area (Å²) in [7, 11) is 0. The Morgan fingerprint density at radius 3 is 2.57 bits per heavy atom. The second-order valence-electron chi connectivity index (χ2n) is 4.48. The van der Waals surface area contributed by atoms with Crippen molar-refractivity contribution < 1.29 is 4.79 Å². The van der Waals surface area contributed by atoms with Gasteiger partial charge in [0.1, 0.15) is 0 Å². The highest BCUT2D eigenvalue weighted by Gasteiger charge is 2.17. The van der Waals surface area contributed by atoms with Crippen LogP contribution in [0.15, 0.2) is 41.2 Å². The molecule has 0 saturated heterocycles. The summed E-state index contributed by atoms with van der Waals surface area (Å²) in [6, 6.07) is 9.28. The van der Waals surface area contributed by atoms with Gasteiger partial charge < -0.3 is 10.7 Å². The molecule has 3 rings (SSSR count). The fourth-order valence-corrected chi connectivity index (χ4v) is 2.38. The molecule has 0 amide bonds. The second kappa shape index (κ2) is 4.95. The van der Waals surface area contributed by atoms with Crippen LogP contribution in [0, 0.1) is 0 Å². The number of rotatable bonds is 1. The normalized spacial score (nSPS) is 11.0. The van der Waals surface area contributed by atoms with E-state index in [2.05, 4.69) is 4.98 Å². The molecule has 0 unspecified atom stereocenters. The molecule has 0 fully saturated rings. The van der Waals surface area contributed by atoms with Crippen molar-refractivity contribution in [2.45, 2.75) is 0 Å². The molecule has 0 bridgehead atoms. The Bertz CT molecular complexity index is 928. The molecule has 3 aromatic rings. The molecular weight excluding hydrogens is 313 g/mol. The number of carbonyl (C=O) groups excluding carboxylic acids is 1. The molecule has 7 heteroatoms. The Morgan fingerprint density at radius 1 is 1.10 bits per heavy atom. The first-order valence-electron chi connectivity index (χ1n) is 5.97. The maximum absolute atomic E-state index is 12.5. The molecule has 0 radical (unpaired) electrons. The third-order valence-corrected chi connectivity index (χ3v) is 3.82. The van der Waals surface area contributed by atoms with Gasteiger partial charge in [0.15, 0.2) is 0 Å². The van der Waals surface area contributed by atoms with Crippen LogP contribution < -0.4 is 11.4 Å². The zero-order valence-electron chi connectivity index (χ0n) is 10.6. The van der Waals surface area contributed by atoms with Crippen molar-refractivity contribution in [1.29, 1.82) is 0 Å². The SMILES string of the molecule is Nc1ccc2[nH]c(=O)n(C(=O)c3ccc(Cl)c(Cl)c3)c2c1. The van der Waals surface area contributed by atoms with Gasteiger partial charge in [-0.15, -0.1) is 0 Å². The molecule has 0 saturated carbocycles. The number of nitrogen functional groups attached to an aromatic ring is 1. The standard InChI is InChI=1S/C14H9Cl2N3O2/c15-9-3-1-7(5-10(9)16)13(20)19-12-6-8(17)2-4-11(12)18-14(19)21/h1-6H,17H2,(H,18,21). The largest absolute Gasteiger partial charge is 0.399 e. The molecule has 0 atom stereocenters. The van der Waals surface area contributed by atoms with Crippen molar-refractivity contribution in [1.82, 2.24) is 9.55 Å². The fraction of sp³-hybridized carbons (Fsp3) is 0. The molecule has 1 aromatic heterocycles. The Kier molecular flexibility index (Phi) is 3.23. The average Bonchev–Trinajstić information content (AvgIpc) is 2.76. The fourth-order valence-electron chi connectivity index (χ4n) is 2.08. The monoisotopic (exact) mass is 321 g/mol. The molecule has 5 nitrogen and oxygen atoms in total. The predicted molar refractivity (Wildman–Crippen MR) is 83.2 cm³/mol. The van der Waals surface area contributed by atoms with Crippen molar-refractivity contribution in [2.24, 2.45) is 0 Å². The lowest BCUT2D eigenvalue weighted by molar-refractivity contribution is 0.0961. The topological polar surface area (TPSA) is 80.9 Å². The Morgan fingerprint density at radius 2 is 1.86 bits per heavy atom. The van der Waals surface area contributed by atoms with Crippen LogP contribution in [0.3, 0.4) is 0 Å². The minimum absolute atomic E-state index is 0.245. The van der Waals surface area contributed by atoms with Gasteiger partial charge in [0.2, 0.25) is 0 Å². The van der Waals surface area contributed by atoms with Gasteiger partial charge in [0.05, 0.1) is 21.1 Å². The van der Waals surface area contributed by atoms with Gasteiger partial charge >= 0.3 is 5.69 Å². The summed E-state index contributed by atoms with van der Waals surface area (Å²) in [5.74, 6) is -0.504. The number of halogens is 2. The van der Waals surface area contributed by atoms with E-state index >= 15 is 0 Å². The highest BCUT2D eigenvalue weighted by molar-refractivity contribution is 6.42. The van der Waals surface area contributed by atoms with Gasteiger partial charge in [0, 0.05) is 11.3 Å². The van der Waals surface area contributed by atoms with Crippen LogP contribution in [0.4, 0.5) is 5.69 Å². The van der Waals surface area contributed by atoms with Gasteiger partial charge in [0.25, 0.3) is 5.91 Å². The Hall–Kier alpha value is -2.24. The highest BCUT2D eigenvalue weighted by atomic mass is 35.5. The van der Waals surface area contributed by atoms with Gasteiger partial charge in [-0.1, -0.05) is 23.2 Å². The third-order valence-electron chi connectivity index (χ3n) is 3.08. The number of nitrogens with one attached hydrogen (secondary N) is 1. The summed E-state index contributed by atoms with van der Waals surface area (Å²) in [4.78, 5) is 27.1. The number of benzene rings is 2. The lowest BCUT2D eigenvalue weighted by Gasteiger charge is -2.04. The second-order valence-corrected chi connectivity index (χ2v) is 5.29. The van der Waals surface area contributed by atoms with Crippen LogP contribution in [-0.2, 0) is 0 Å². The number of hydrogen-bond acceptors (Lipinski definition) is 3. The minimum Gasteiger partial charge on any atom is -0.399 e. The molecule has 0 aliphatic carbocycles. The van der Waals surface area contributed by atoms with Crippen molar-refractivity contribution in [3.05, 3.63) is 62.5 Å². The van der Waals surface area contributed by atoms with E-state index in [-0.39, 0.29) is 10.6 Å². The third kappa shape index (κ3) is 2.30. The maximum atomic E-state index is 12.5. The molecule has 3 N–H and O–H groups in total. The van der Waals surface area contributed by atoms with Crippen LogP contribution in [-0.4, -0.2) is 15.5 Å². The number of H-pyrrole nitrogens is 1. The summed E-state index contributed by atoms with van der Waals surface area (Å²) in [5.41, 5.74) is 6.83. The first-order chi connectivity index (χ1) is 9.97. The molecule has 0 spiro atoms. The van der Waals surface area contributed by atoms with E-state index in [9.17, 15) is 9.59 Å². The number of nitrogens with two attached hydrogens (primary N) is 1. The van der Waals surface area contributed by atoms with Crippen LogP contribution in [0.25, 0.3) is 11.0 Å². The van der Waals surface area contributed by atoms with Crippen molar-refractivity contribution in [2.75, 3.05) is 5.73 Å². The molecule has 0 aliphatic rings. The van der Waals surface area contributed by atoms with Crippen molar-refractivity contribution >= 4 is 45.8 Å². The van der Waals surface area contributed by atoms with Crippen LogP contribution >= 0.6 is 23.2 Å². The number of fused-ring (bicyclic) bond motifs is 1. The van der Waals surface area contributed by atoms with Crippen molar-refractivity contribution in [3.63, 3.8) is 0 Å². The summed E-state index contributed by atoms with van der Waals surface area (Å²) in [6.45, 7) is 0. The number of imidazole rings is 1. The van der Waals surface area contributed by atoms with Gasteiger partial charge in [-0.05, 0) is 36.4 Å². The molecule has 0 aliphatic heterocycles. The predicted octanol–water partition coefficient (Wildman–Crippen LogP) is 2.91. The average molecular weight is 322 g/mol. The number of aromatic nitrogens is 2. The van der Waals surface area contributed by atoms with Gasteiger partial charge in [-0.3, -0.25) is 4.79 Å². The van der Waals surface area contributed by atoms with E-state index in [1.807, 2.05) is 0 Å². The highest BCUT2D eigenvalue weighted by Crippen LogP contribution is 2.23. The molecule has 1 heterocycles. The number of carbonyl (C=O) groups is 1. The van der Waals surface area contributed by atoms with E-state index < -0.39 is 11.6 Å². The minimum atomic E-state index is -0.535. The Balaban J connectivity index is 2.21. The number of anilines is 1. The van der Waals surface area contributed by atoms with E-state index in [0.29, 0.717) is 21.7 Å². The summed E-state index contributed by atoms with van der Waals surface area (Å²) >= 11 is 11.7. The molecular formula is C14H9Cl2N3O2. The molecule has 106 valence electrons. The molecule has 21 heavy (non-hydrogen) atoms. The maximum Gasteiger partial charge on any atom is 0.333 e. The zero-order chi connectivity index (χ0) is 15.1. The lowest BCUT2D eigenvalue weighted by Crippen LogP contribution is -2.24. The van der Waals surface area contributed by atoms with Crippen LogP contribution in [0.5, 0.6) is 0 Å². The first-order valence-corrected chi connectivity index (χ1v) is 6.73. The van der Waals surface area contributed by atoms with Gasteiger partial charge in [-0.25, -0.2) is 9.36 Å². The van der Waals surface area contributed by atoms with E-state index in [1.165, 1.54) is 18.2 Å². The summed E-state index contributed by atoms with van der Waals surface area (Å²) < 4.78 is 1.02. The Labute approximate surface area is 128 Å². The lowest BCUT2D eigenvalue weighted by atomic mass is 10.2. The van der Waals surface area contributed by atoms with Crippen LogP contribution in [0.1, 0.15) is 10.4 Å². The summed E-state index contributed by atoms with van der Waals surface area (Å²) in [5, 5.41) is 0.582. The van der Waals surface area contributed by atoms with E-state index in [4.69, 9.17) is 28.9 Å². The quantitative estimate of drug-likeness (QED) is 0.676. The summed E-state index contributed by atoms with van der Waals surface area (Å²) in [6.07, 6.45) is 0. The van der Waals surface area contributed by atoms with E-state index in [0.717, 1.165) is 4.57 Å². The number of hydrogen-bond donors (Lipinski definition) is 2. The number of aromatic amines is 1. The van der Waals surface area contributed by atoms with Gasteiger partial charge in [-0.2, -0.15) is 0 Å². The zero-order valence-corrected chi connectivity index (χ0v) is 12.1. The first kappa shape index (κ1) is 13.7. The van der Waals surface area contributed by atoms with Crippen molar-refractivity contribution in [3.8, 4) is 0 Å². The smallest absolute Gasteiger partial charge is 0.333 e. The molecule has 2 aromatic carbocycles. The van der Waals surface area contributed by atoms with E-state index in [1.54, 1.807) is 18.2 Å². The number of nitrogens with zero attached hydrogens (tertiary/aromatic N) is 1. The van der Waals surface area contributed by atoms with Crippen LogP contribution in [0.2, 0.25) is 10.0 Å².